The fourth-order valence-corrected chi connectivity index (χ4v) is 3.30. The Labute approximate surface area is 165 Å². The standard InChI is InChI=1S/C20H25ClN6/c1-22-20(26(3)15-19-11-18(21)14-25(19)2)23-12-16-6-4-7-17(10-16)13-27-9-5-8-24-27/h4-11,14H,12-13,15H2,1-3H3,(H,22,23). The minimum atomic E-state index is 0.706. The number of aliphatic imine (C=N–C) groups is 1. The first-order chi connectivity index (χ1) is 13.0. The number of guanidine groups is 1. The molecule has 3 rings (SSSR count). The van der Waals surface area contributed by atoms with E-state index in [1.807, 2.05) is 47.9 Å². The van der Waals surface area contributed by atoms with Crippen LogP contribution in [0.25, 0.3) is 0 Å². The van der Waals surface area contributed by atoms with Crippen molar-refractivity contribution in [3.8, 4) is 0 Å². The normalized spacial score (nSPS) is 11.6. The molecule has 0 amide bonds. The first kappa shape index (κ1) is 19.0. The van der Waals surface area contributed by atoms with Crippen molar-refractivity contribution in [3.63, 3.8) is 0 Å². The fourth-order valence-electron chi connectivity index (χ4n) is 3.03. The summed E-state index contributed by atoms with van der Waals surface area (Å²) in [4.78, 5) is 6.48. The van der Waals surface area contributed by atoms with Gasteiger partial charge in [-0.15, -0.1) is 0 Å². The van der Waals surface area contributed by atoms with Gasteiger partial charge in [-0.3, -0.25) is 9.67 Å². The summed E-state index contributed by atoms with van der Waals surface area (Å²) < 4.78 is 3.95. The third kappa shape index (κ3) is 5.14. The van der Waals surface area contributed by atoms with E-state index in [-0.39, 0.29) is 0 Å². The maximum absolute atomic E-state index is 6.08. The highest BCUT2D eigenvalue weighted by molar-refractivity contribution is 6.30. The van der Waals surface area contributed by atoms with Crippen LogP contribution >= 0.6 is 11.6 Å². The third-order valence-corrected chi connectivity index (χ3v) is 4.60. The molecule has 6 nitrogen and oxygen atoms in total. The van der Waals surface area contributed by atoms with Crippen LogP contribution in [0, 0.1) is 0 Å². The van der Waals surface area contributed by atoms with E-state index in [2.05, 4.69) is 44.6 Å². The minimum absolute atomic E-state index is 0.706. The van der Waals surface area contributed by atoms with E-state index in [1.54, 1.807) is 13.2 Å². The monoisotopic (exact) mass is 384 g/mol. The molecule has 2 aromatic heterocycles. The van der Waals surface area contributed by atoms with Gasteiger partial charge >= 0.3 is 0 Å². The highest BCUT2D eigenvalue weighted by atomic mass is 35.5. The van der Waals surface area contributed by atoms with Crippen LogP contribution in [0.4, 0.5) is 0 Å². The van der Waals surface area contributed by atoms with E-state index in [9.17, 15) is 0 Å². The zero-order valence-corrected chi connectivity index (χ0v) is 16.7. The van der Waals surface area contributed by atoms with E-state index >= 15 is 0 Å². The maximum atomic E-state index is 6.08. The highest BCUT2D eigenvalue weighted by Gasteiger charge is 2.10. The van der Waals surface area contributed by atoms with Gasteiger partial charge in [0.2, 0.25) is 0 Å². The van der Waals surface area contributed by atoms with Crippen LogP contribution in [0.5, 0.6) is 0 Å². The Balaban J connectivity index is 1.59. The van der Waals surface area contributed by atoms with Crippen molar-refractivity contribution in [2.75, 3.05) is 14.1 Å². The summed E-state index contributed by atoms with van der Waals surface area (Å²) in [5, 5.41) is 8.44. The van der Waals surface area contributed by atoms with Gasteiger partial charge in [0, 0.05) is 52.0 Å². The summed E-state index contributed by atoms with van der Waals surface area (Å²) in [5.74, 6) is 0.838. The molecule has 1 aromatic carbocycles. The quantitative estimate of drug-likeness (QED) is 0.524. The van der Waals surface area contributed by atoms with Gasteiger partial charge in [0.25, 0.3) is 0 Å². The lowest BCUT2D eigenvalue weighted by molar-refractivity contribution is 0.461. The lowest BCUT2D eigenvalue weighted by Crippen LogP contribution is -2.38. The molecule has 3 aromatic rings. The number of halogens is 1. The van der Waals surface area contributed by atoms with Crippen molar-refractivity contribution in [1.29, 1.82) is 0 Å². The topological polar surface area (TPSA) is 50.4 Å². The van der Waals surface area contributed by atoms with Crippen molar-refractivity contribution >= 4 is 17.6 Å². The summed E-state index contributed by atoms with van der Waals surface area (Å²) in [6, 6.07) is 12.4. The molecule has 0 saturated heterocycles. The van der Waals surface area contributed by atoms with Gasteiger partial charge in [-0.25, -0.2) is 0 Å². The minimum Gasteiger partial charge on any atom is -0.352 e. The van der Waals surface area contributed by atoms with Crippen LogP contribution in [0.2, 0.25) is 5.02 Å². The number of rotatable bonds is 6. The van der Waals surface area contributed by atoms with E-state index < -0.39 is 0 Å². The molecular formula is C20H25ClN6. The molecule has 142 valence electrons. The summed E-state index contributed by atoms with van der Waals surface area (Å²) in [7, 11) is 5.81. The van der Waals surface area contributed by atoms with Crippen molar-refractivity contribution in [2.45, 2.75) is 19.6 Å². The van der Waals surface area contributed by atoms with E-state index in [4.69, 9.17) is 11.6 Å². The summed E-state index contributed by atoms with van der Waals surface area (Å²) >= 11 is 6.08. The van der Waals surface area contributed by atoms with Crippen molar-refractivity contribution < 1.29 is 0 Å². The average Bonchev–Trinajstić information content (AvgIpc) is 3.25. The first-order valence-corrected chi connectivity index (χ1v) is 9.20. The number of aryl methyl sites for hydroxylation is 1. The Morgan fingerprint density at radius 2 is 2.07 bits per heavy atom. The number of benzene rings is 1. The Morgan fingerprint density at radius 3 is 2.74 bits per heavy atom. The molecule has 0 aliphatic heterocycles. The van der Waals surface area contributed by atoms with Crippen LogP contribution in [0.1, 0.15) is 16.8 Å². The van der Waals surface area contributed by atoms with Crippen LogP contribution in [-0.2, 0) is 26.7 Å². The number of aromatic nitrogens is 3. The van der Waals surface area contributed by atoms with Crippen molar-refractivity contribution in [3.05, 3.63) is 76.8 Å². The molecule has 0 fully saturated rings. The van der Waals surface area contributed by atoms with E-state index in [0.717, 1.165) is 29.8 Å². The molecule has 0 unspecified atom stereocenters. The van der Waals surface area contributed by atoms with Gasteiger partial charge in [0.15, 0.2) is 5.96 Å². The molecule has 0 radical (unpaired) electrons. The van der Waals surface area contributed by atoms with Crippen LogP contribution in [0.3, 0.4) is 0 Å². The average molecular weight is 385 g/mol. The molecule has 0 spiro atoms. The second-order valence-electron chi connectivity index (χ2n) is 6.54. The second kappa shape index (κ2) is 8.77. The van der Waals surface area contributed by atoms with Crippen molar-refractivity contribution in [2.24, 2.45) is 12.0 Å². The van der Waals surface area contributed by atoms with Gasteiger partial charge in [-0.2, -0.15) is 5.10 Å². The van der Waals surface area contributed by atoms with Crippen LogP contribution in [-0.4, -0.2) is 39.3 Å². The Bertz CT molecular complexity index is 897. The Morgan fingerprint density at radius 1 is 1.26 bits per heavy atom. The Hall–Kier alpha value is -2.73. The molecule has 0 aliphatic rings. The molecule has 0 bridgehead atoms. The predicted octanol–water partition coefficient (Wildman–Crippen LogP) is 3.13. The summed E-state index contributed by atoms with van der Waals surface area (Å²) in [6.07, 6.45) is 5.68. The second-order valence-corrected chi connectivity index (χ2v) is 6.98. The molecule has 1 N–H and O–H groups in total. The van der Waals surface area contributed by atoms with Crippen molar-refractivity contribution in [1.82, 2.24) is 24.6 Å². The molecule has 0 atom stereocenters. The number of nitrogens with zero attached hydrogens (tertiary/aromatic N) is 5. The van der Waals surface area contributed by atoms with Crippen LogP contribution in [0.15, 0.2) is 60.0 Å². The SMILES string of the molecule is CN=C(NCc1cccc(Cn2cccn2)c1)N(C)Cc1cc(Cl)cn1C. The highest BCUT2D eigenvalue weighted by Crippen LogP contribution is 2.14. The Kier molecular flexibility index (Phi) is 6.19. The van der Waals surface area contributed by atoms with Gasteiger partial charge in [-0.1, -0.05) is 35.9 Å². The molecule has 2 heterocycles. The third-order valence-electron chi connectivity index (χ3n) is 4.39. The fraction of sp³-hybridized carbons (Fsp3) is 0.300. The molecule has 0 aliphatic carbocycles. The number of nitrogens with one attached hydrogen (secondary N) is 1. The summed E-state index contributed by atoms with van der Waals surface area (Å²) in [6.45, 7) is 2.20. The summed E-state index contributed by atoms with van der Waals surface area (Å²) in [5.41, 5.74) is 3.56. The van der Waals surface area contributed by atoms with Crippen LogP contribution < -0.4 is 5.32 Å². The molecule has 27 heavy (non-hydrogen) atoms. The maximum Gasteiger partial charge on any atom is 0.194 e. The number of hydrogen-bond donors (Lipinski definition) is 1. The van der Waals surface area contributed by atoms with Gasteiger partial charge in [-0.05, 0) is 23.3 Å². The first-order valence-electron chi connectivity index (χ1n) is 8.83. The number of hydrogen-bond acceptors (Lipinski definition) is 2. The van der Waals surface area contributed by atoms with Gasteiger partial charge in [0.1, 0.15) is 0 Å². The van der Waals surface area contributed by atoms with E-state index in [1.165, 1.54) is 11.1 Å². The molecule has 0 saturated carbocycles. The zero-order chi connectivity index (χ0) is 19.2. The predicted molar refractivity (Wildman–Crippen MR) is 110 cm³/mol. The van der Waals surface area contributed by atoms with Gasteiger partial charge in [0.05, 0.1) is 18.1 Å². The smallest absolute Gasteiger partial charge is 0.194 e. The lowest BCUT2D eigenvalue weighted by atomic mass is 10.1. The molecule has 7 heteroatoms. The lowest BCUT2D eigenvalue weighted by Gasteiger charge is -2.22. The largest absolute Gasteiger partial charge is 0.352 e. The zero-order valence-electron chi connectivity index (χ0n) is 15.9. The van der Waals surface area contributed by atoms with E-state index in [0.29, 0.717) is 6.54 Å². The van der Waals surface area contributed by atoms with Gasteiger partial charge < -0.3 is 14.8 Å². The molecular weight excluding hydrogens is 360 g/mol.